The van der Waals surface area contributed by atoms with Crippen molar-refractivity contribution in [2.75, 3.05) is 0 Å². The zero-order chi connectivity index (χ0) is 15.7. The molecule has 24 heavy (non-hydrogen) atoms. The standard InChI is InChI=1S/C22H19N.Bk/c1-13-5-4-6-15-11-16-9-10-17-12-18-8-7-14(2)23(3)22(18)21(17)20(16)19(13)15;/h4,6-10H,11-12H2,1-3H3;. The molecule has 0 fully saturated rings. The van der Waals surface area contributed by atoms with Crippen LogP contribution >= 0.6 is 0 Å². The van der Waals surface area contributed by atoms with Gasteiger partial charge in [0.15, 0.2) is 5.69 Å². The molecule has 2 heteroatoms. The molecule has 0 aliphatic heterocycles. The number of nitrogens with zero attached hydrogens (tertiary/aromatic N) is 1. The molecule has 121 valence electrons. The minimum absolute atomic E-state index is 0. The Bertz CT molecular complexity index is 1000. The molecular formula is C22H19BkN. The van der Waals surface area contributed by atoms with Crippen molar-refractivity contribution in [3.05, 3.63) is 76.0 Å². The molecule has 0 saturated carbocycles. The third-order valence-corrected chi connectivity index (χ3v) is 5.60. The van der Waals surface area contributed by atoms with Crippen LogP contribution in [0.25, 0.3) is 22.4 Å². The first-order valence-electron chi connectivity index (χ1n) is 8.29. The maximum absolute atomic E-state index is 3.41. The van der Waals surface area contributed by atoms with Gasteiger partial charge in [0.05, 0.1) is 0 Å². The topological polar surface area (TPSA) is 3.88 Å². The van der Waals surface area contributed by atoms with E-state index in [0.29, 0.717) is 0 Å². The molecule has 0 amide bonds. The predicted molar refractivity (Wildman–Crippen MR) is 92.4 cm³/mol. The van der Waals surface area contributed by atoms with Crippen LogP contribution in [0.15, 0.2) is 36.4 Å². The molecule has 0 spiro atoms. The maximum Gasteiger partial charge on any atom is 0.215 e. The second kappa shape index (κ2) is 4.55. The molecule has 2 aliphatic carbocycles. The maximum atomic E-state index is 3.41. The SMILES string of the molecule is Cc1[c-]ccc2c1-c1c(ccc3c1-c1c(ccc(C)[n+]1C)C3)C2.[Bk]. The fourth-order valence-corrected chi connectivity index (χ4v) is 4.38. The second-order valence-electron chi connectivity index (χ2n) is 6.90. The Morgan fingerprint density at radius 1 is 0.792 bits per heavy atom. The van der Waals surface area contributed by atoms with Crippen molar-refractivity contribution in [1.29, 1.82) is 0 Å². The van der Waals surface area contributed by atoms with E-state index < -0.39 is 0 Å². The van der Waals surface area contributed by atoms with E-state index in [1.165, 1.54) is 55.9 Å². The Morgan fingerprint density at radius 2 is 1.42 bits per heavy atom. The molecule has 1 aromatic heterocycles. The summed E-state index contributed by atoms with van der Waals surface area (Å²) < 4.78 is 2.36. The van der Waals surface area contributed by atoms with Crippen molar-refractivity contribution >= 4 is 0 Å². The van der Waals surface area contributed by atoms with E-state index in [4.69, 9.17) is 0 Å². The van der Waals surface area contributed by atoms with Crippen LogP contribution in [0.2, 0.25) is 0 Å². The third kappa shape index (κ3) is 1.57. The molecule has 0 N–H and O–H groups in total. The summed E-state index contributed by atoms with van der Waals surface area (Å²) in [5.74, 6) is 0. The molecule has 1 radical (unpaired) electrons. The average molecular weight is 544 g/mol. The Morgan fingerprint density at radius 3 is 2.21 bits per heavy atom. The fraction of sp³-hybridized carbons (Fsp3) is 0.227. The summed E-state index contributed by atoms with van der Waals surface area (Å²) in [6, 6.07) is 16.9. The van der Waals surface area contributed by atoms with E-state index in [0.717, 1.165) is 12.8 Å². The van der Waals surface area contributed by atoms with Crippen LogP contribution < -0.4 is 4.57 Å². The zero-order valence-corrected chi connectivity index (χ0v) is 16.9. The number of hydrogen-bond donors (Lipinski definition) is 0. The molecular weight excluding hydrogens is 525 g/mol. The van der Waals surface area contributed by atoms with Gasteiger partial charge in [-0.05, 0) is 23.6 Å². The van der Waals surface area contributed by atoms with Gasteiger partial charge in [0.2, 0.25) is 5.69 Å². The van der Waals surface area contributed by atoms with Crippen LogP contribution in [-0.2, 0) is 19.9 Å². The molecule has 0 unspecified atom stereocenters. The summed E-state index contributed by atoms with van der Waals surface area (Å²) in [4.78, 5) is 0. The Labute approximate surface area is 137 Å². The van der Waals surface area contributed by atoms with Gasteiger partial charge in [0, 0.05) is 30.5 Å². The zero-order valence-electron chi connectivity index (χ0n) is 14.2. The van der Waals surface area contributed by atoms with Crippen LogP contribution in [0, 0.1) is 19.9 Å². The van der Waals surface area contributed by atoms with Gasteiger partial charge in [0.25, 0.3) is 0 Å². The number of benzene rings is 2. The molecule has 5 rings (SSSR count). The van der Waals surface area contributed by atoms with Crippen molar-refractivity contribution in [2.24, 2.45) is 7.05 Å². The number of fused-ring (bicyclic) bond motifs is 7. The van der Waals surface area contributed by atoms with Gasteiger partial charge in [-0.25, -0.2) is 0 Å². The van der Waals surface area contributed by atoms with Crippen LogP contribution in [0.4, 0.5) is 0 Å². The fourth-order valence-electron chi connectivity index (χ4n) is 4.38. The summed E-state index contributed by atoms with van der Waals surface area (Å²) in [7, 11) is 2.20. The van der Waals surface area contributed by atoms with E-state index in [1.54, 1.807) is 0 Å². The largest absolute Gasteiger partial charge is 0.215 e. The van der Waals surface area contributed by atoms with Crippen molar-refractivity contribution in [3.8, 4) is 22.4 Å². The molecule has 0 bridgehead atoms. The van der Waals surface area contributed by atoms with E-state index in [2.05, 4.69) is 67.9 Å². The molecule has 2 aliphatic rings. The number of rotatable bonds is 0. The van der Waals surface area contributed by atoms with Crippen molar-refractivity contribution in [2.45, 2.75) is 26.7 Å². The van der Waals surface area contributed by atoms with Gasteiger partial charge in [0.1, 0.15) is 7.05 Å². The first-order valence-corrected chi connectivity index (χ1v) is 8.29. The van der Waals surface area contributed by atoms with Crippen molar-refractivity contribution in [3.63, 3.8) is 0 Å². The van der Waals surface area contributed by atoms with Gasteiger partial charge >= 0.3 is 0 Å². The Balaban J connectivity index is 0.00000146. The molecule has 0 saturated heterocycles. The summed E-state index contributed by atoms with van der Waals surface area (Å²) >= 11 is 0. The normalized spacial score (nSPS) is 13.0. The first kappa shape index (κ1) is 14.2. The first-order chi connectivity index (χ1) is 11.1. The van der Waals surface area contributed by atoms with Gasteiger partial charge in [-0.2, -0.15) is 28.3 Å². The van der Waals surface area contributed by atoms with E-state index in [9.17, 15) is 0 Å². The number of aryl methyl sites for hydroxylation is 2. The minimum atomic E-state index is 0. The van der Waals surface area contributed by atoms with Crippen molar-refractivity contribution in [1.82, 2.24) is 0 Å². The summed E-state index contributed by atoms with van der Waals surface area (Å²) in [6.07, 6.45) is 2.11. The van der Waals surface area contributed by atoms with E-state index >= 15 is 0 Å². The summed E-state index contributed by atoms with van der Waals surface area (Å²) in [6.45, 7) is 4.38. The van der Waals surface area contributed by atoms with Gasteiger partial charge in [-0.1, -0.05) is 24.6 Å². The van der Waals surface area contributed by atoms with E-state index in [-0.39, 0.29) is 0 Å². The van der Waals surface area contributed by atoms with Crippen LogP contribution in [0.3, 0.4) is 0 Å². The predicted octanol–water partition coefficient (Wildman–Crippen LogP) is 4.07. The van der Waals surface area contributed by atoms with Gasteiger partial charge < -0.3 is 0 Å². The molecule has 1 nitrogen and oxygen atoms in total. The van der Waals surface area contributed by atoms with Crippen molar-refractivity contribution < 1.29 is 4.57 Å². The number of aromatic nitrogens is 1. The molecule has 2 aromatic carbocycles. The number of pyridine rings is 1. The molecule has 1 heterocycles. The molecule has 3 aromatic rings. The van der Waals surface area contributed by atoms with Crippen LogP contribution in [0.1, 0.15) is 33.5 Å². The Hall–Kier alpha value is -3.41. The van der Waals surface area contributed by atoms with Crippen LogP contribution in [0.5, 0.6) is 0 Å². The quantitative estimate of drug-likeness (QED) is 0.205. The monoisotopic (exact) mass is 544 g/mol. The third-order valence-electron chi connectivity index (χ3n) is 5.60. The summed E-state index contributed by atoms with van der Waals surface area (Å²) in [5.41, 5.74) is 14.2. The second-order valence-corrected chi connectivity index (χ2v) is 6.90. The minimum Gasteiger partial charge on any atom is -0.198 e. The Kier molecular flexibility index (Phi) is 2.69. The average Bonchev–Trinajstić information content (AvgIpc) is 3.09. The smallest absolute Gasteiger partial charge is 0.198 e. The van der Waals surface area contributed by atoms with Crippen LogP contribution in [-0.4, -0.2) is 0 Å². The van der Waals surface area contributed by atoms with Gasteiger partial charge in [-0.3, -0.25) is 0 Å². The number of hydrogen-bond acceptors (Lipinski definition) is 0. The van der Waals surface area contributed by atoms with E-state index in [1.807, 2.05) is 0 Å². The van der Waals surface area contributed by atoms with Gasteiger partial charge in [-0.15, -0.1) is 11.1 Å². The molecule has 0 atom stereocenters. The summed E-state index contributed by atoms with van der Waals surface area (Å²) in [5, 5.41) is 0.